The van der Waals surface area contributed by atoms with Crippen molar-refractivity contribution in [2.24, 2.45) is 0 Å². The number of cyclic esters (lactones) is 1. The van der Waals surface area contributed by atoms with E-state index in [-0.39, 0.29) is 12.8 Å². The number of aliphatic hydroxyl groups is 3. The molecule has 0 aliphatic carbocycles. The van der Waals surface area contributed by atoms with E-state index in [0.29, 0.717) is 6.42 Å². The second-order valence-electron chi connectivity index (χ2n) is 5.70. The van der Waals surface area contributed by atoms with Crippen molar-refractivity contribution in [1.29, 1.82) is 0 Å². The normalized spacial score (nSPS) is 32.5. The average Bonchev–Trinajstić information content (AvgIpc) is 2.47. The second-order valence-corrected chi connectivity index (χ2v) is 5.70. The highest BCUT2D eigenvalue weighted by atomic mass is 16.6. The van der Waals surface area contributed by atoms with Crippen molar-refractivity contribution in [3.05, 3.63) is 12.2 Å². The van der Waals surface area contributed by atoms with Crippen LogP contribution in [0.4, 0.5) is 0 Å². The lowest BCUT2D eigenvalue weighted by molar-refractivity contribution is -0.160. The number of hydrogen-bond acceptors (Lipinski definition) is 5. The average molecular weight is 300 g/mol. The largest absolute Gasteiger partial charge is 0.459 e. The maximum Gasteiger partial charge on any atom is 0.306 e. The zero-order chi connectivity index (χ0) is 15.7. The smallest absolute Gasteiger partial charge is 0.306 e. The van der Waals surface area contributed by atoms with Crippen LogP contribution in [0.5, 0.6) is 0 Å². The van der Waals surface area contributed by atoms with E-state index in [4.69, 9.17) is 4.74 Å². The number of rotatable bonds is 6. The van der Waals surface area contributed by atoms with Crippen molar-refractivity contribution in [1.82, 2.24) is 0 Å². The highest BCUT2D eigenvalue weighted by Crippen LogP contribution is 2.18. The Balaban J connectivity index is 2.56. The molecule has 0 aromatic rings. The molecule has 1 heterocycles. The van der Waals surface area contributed by atoms with Crippen LogP contribution in [0.1, 0.15) is 58.3 Å². The first-order valence-electron chi connectivity index (χ1n) is 7.96. The minimum Gasteiger partial charge on any atom is -0.459 e. The Bertz CT molecular complexity index is 329. The number of hydrogen-bond donors (Lipinski definition) is 3. The van der Waals surface area contributed by atoms with Gasteiger partial charge < -0.3 is 20.1 Å². The first kappa shape index (κ1) is 18.1. The molecule has 0 saturated carbocycles. The number of carbonyl (C=O) groups excluding carboxylic acids is 1. The van der Waals surface area contributed by atoms with E-state index in [1.165, 1.54) is 18.6 Å². The van der Waals surface area contributed by atoms with Crippen LogP contribution in [0, 0.1) is 0 Å². The fourth-order valence-electron chi connectivity index (χ4n) is 2.41. The predicted octanol–water partition coefficient (Wildman–Crippen LogP) is 1.69. The van der Waals surface area contributed by atoms with E-state index >= 15 is 0 Å². The molecule has 1 rings (SSSR count). The maximum atomic E-state index is 11.7. The number of aliphatic hydroxyl groups excluding tert-OH is 3. The molecule has 0 saturated heterocycles. The zero-order valence-corrected chi connectivity index (χ0v) is 12.8. The molecule has 5 nitrogen and oxygen atoms in total. The van der Waals surface area contributed by atoms with Crippen molar-refractivity contribution in [3.63, 3.8) is 0 Å². The van der Waals surface area contributed by atoms with Gasteiger partial charge in [-0.25, -0.2) is 0 Å². The van der Waals surface area contributed by atoms with Gasteiger partial charge in [0.15, 0.2) is 0 Å². The summed E-state index contributed by atoms with van der Waals surface area (Å²) in [5.41, 5.74) is 0. The molecule has 0 unspecified atom stereocenters. The van der Waals surface area contributed by atoms with E-state index in [1.807, 2.05) is 0 Å². The summed E-state index contributed by atoms with van der Waals surface area (Å²) < 4.78 is 5.27. The fourth-order valence-corrected chi connectivity index (χ4v) is 2.41. The molecule has 0 radical (unpaired) electrons. The van der Waals surface area contributed by atoms with Gasteiger partial charge in [-0.1, -0.05) is 44.8 Å². The van der Waals surface area contributed by atoms with Gasteiger partial charge in [-0.15, -0.1) is 0 Å². The topological polar surface area (TPSA) is 87.0 Å². The van der Waals surface area contributed by atoms with Gasteiger partial charge in [0.05, 0.1) is 6.10 Å². The SMILES string of the molecule is CCCCCCC[C@@H]1OC(=O)CC[C@@H](O)/C=C/[C@@H](O)[C@@H]1O. The number of carbonyl (C=O) groups is 1. The molecular formula is C16H28O5. The molecule has 0 spiro atoms. The Morgan fingerprint density at radius 1 is 1.14 bits per heavy atom. The van der Waals surface area contributed by atoms with Crippen molar-refractivity contribution < 1.29 is 24.9 Å². The third-order valence-electron chi connectivity index (χ3n) is 3.78. The van der Waals surface area contributed by atoms with E-state index < -0.39 is 30.4 Å². The lowest BCUT2D eigenvalue weighted by Crippen LogP contribution is -2.40. The van der Waals surface area contributed by atoms with Crippen LogP contribution in [0.2, 0.25) is 0 Å². The lowest BCUT2D eigenvalue weighted by atomic mass is 9.99. The first-order chi connectivity index (χ1) is 10.0. The van der Waals surface area contributed by atoms with Gasteiger partial charge in [-0.05, 0) is 19.3 Å². The highest BCUT2D eigenvalue weighted by molar-refractivity contribution is 5.69. The third kappa shape index (κ3) is 7.07. The molecule has 1 aliphatic heterocycles. The van der Waals surface area contributed by atoms with Gasteiger partial charge in [-0.3, -0.25) is 4.79 Å². The van der Waals surface area contributed by atoms with Gasteiger partial charge in [0, 0.05) is 6.42 Å². The molecule has 4 atom stereocenters. The number of unbranched alkanes of at least 4 members (excludes halogenated alkanes) is 4. The summed E-state index contributed by atoms with van der Waals surface area (Å²) in [4.78, 5) is 11.7. The molecule has 0 bridgehead atoms. The van der Waals surface area contributed by atoms with Crippen LogP contribution in [-0.2, 0) is 9.53 Å². The fraction of sp³-hybridized carbons (Fsp3) is 0.812. The Kier molecular flexibility index (Phi) is 8.57. The molecule has 5 heteroatoms. The molecule has 0 amide bonds. The highest BCUT2D eigenvalue weighted by Gasteiger charge is 2.29. The van der Waals surface area contributed by atoms with Crippen molar-refractivity contribution >= 4 is 5.97 Å². The summed E-state index contributed by atoms with van der Waals surface area (Å²) >= 11 is 0. The van der Waals surface area contributed by atoms with Gasteiger partial charge in [0.1, 0.15) is 18.3 Å². The summed E-state index contributed by atoms with van der Waals surface area (Å²) in [6.07, 6.45) is 5.29. The van der Waals surface area contributed by atoms with E-state index in [0.717, 1.165) is 25.7 Å². The van der Waals surface area contributed by atoms with E-state index in [9.17, 15) is 20.1 Å². The van der Waals surface area contributed by atoms with Crippen LogP contribution in [0.3, 0.4) is 0 Å². The van der Waals surface area contributed by atoms with E-state index in [2.05, 4.69) is 6.92 Å². The second kappa shape index (κ2) is 9.92. The minimum atomic E-state index is -1.15. The van der Waals surface area contributed by atoms with Crippen LogP contribution in [0.25, 0.3) is 0 Å². The van der Waals surface area contributed by atoms with Crippen LogP contribution >= 0.6 is 0 Å². The van der Waals surface area contributed by atoms with Crippen molar-refractivity contribution in [2.45, 2.75) is 82.7 Å². The monoisotopic (exact) mass is 300 g/mol. The molecule has 122 valence electrons. The summed E-state index contributed by atoms with van der Waals surface area (Å²) in [7, 11) is 0. The molecule has 0 fully saturated rings. The molecule has 0 aromatic heterocycles. The first-order valence-corrected chi connectivity index (χ1v) is 7.96. The van der Waals surface area contributed by atoms with E-state index in [1.54, 1.807) is 0 Å². The van der Waals surface area contributed by atoms with Crippen LogP contribution < -0.4 is 0 Å². The zero-order valence-electron chi connectivity index (χ0n) is 12.8. The summed E-state index contributed by atoms with van der Waals surface area (Å²) in [5, 5.41) is 29.5. The van der Waals surface area contributed by atoms with Gasteiger partial charge in [0.2, 0.25) is 0 Å². The lowest BCUT2D eigenvalue weighted by Gasteiger charge is -2.26. The quantitative estimate of drug-likeness (QED) is 0.395. The van der Waals surface area contributed by atoms with Crippen LogP contribution in [-0.4, -0.2) is 45.7 Å². The Labute approximate surface area is 126 Å². The molecular weight excluding hydrogens is 272 g/mol. The Hall–Kier alpha value is -0.910. The standard InChI is InChI=1S/C16H28O5/c1-2-3-4-5-6-7-14-16(20)13(18)10-8-12(17)9-11-15(19)21-14/h8,10,12-14,16-18,20H,2-7,9,11H2,1H3/b10-8+/t12-,13+,14-,16-/m0/s1. The van der Waals surface area contributed by atoms with Crippen molar-refractivity contribution in [3.8, 4) is 0 Å². The molecule has 0 aromatic carbocycles. The van der Waals surface area contributed by atoms with Gasteiger partial charge >= 0.3 is 5.97 Å². The summed E-state index contributed by atoms with van der Waals surface area (Å²) in [6.45, 7) is 2.14. The Morgan fingerprint density at radius 3 is 2.57 bits per heavy atom. The van der Waals surface area contributed by atoms with Crippen LogP contribution in [0.15, 0.2) is 12.2 Å². The molecule has 3 N–H and O–H groups in total. The predicted molar refractivity (Wildman–Crippen MR) is 79.7 cm³/mol. The molecule has 1 aliphatic rings. The van der Waals surface area contributed by atoms with Gasteiger partial charge in [0.25, 0.3) is 0 Å². The summed E-state index contributed by atoms with van der Waals surface area (Å²) in [6, 6.07) is 0. The number of esters is 1. The Morgan fingerprint density at radius 2 is 1.86 bits per heavy atom. The minimum absolute atomic E-state index is 0.112. The molecule has 21 heavy (non-hydrogen) atoms. The summed E-state index contributed by atoms with van der Waals surface area (Å²) in [5.74, 6) is -0.436. The van der Waals surface area contributed by atoms with Crippen molar-refractivity contribution in [2.75, 3.05) is 0 Å². The number of ether oxygens (including phenoxy) is 1. The van der Waals surface area contributed by atoms with Gasteiger partial charge in [-0.2, -0.15) is 0 Å². The maximum absolute atomic E-state index is 11.7. The third-order valence-corrected chi connectivity index (χ3v) is 3.78.